The van der Waals surface area contributed by atoms with Crippen LogP contribution in [0.4, 0.5) is 0 Å². The maximum absolute atomic E-state index is 12.9. The van der Waals surface area contributed by atoms with Gasteiger partial charge in [-0.05, 0) is 29.6 Å². The molecule has 0 aliphatic carbocycles. The predicted molar refractivity (Wildman–Crippen MR) is 125 cm³/mol. The Balaban J connectivity index is 1.25. The number of thiophene rings is 1. The Morgan fingerprint density at radius 1 is 0.969 bits per heavy atom. The SMILES string of the molecule is O=C(CSc1nc(-c2cccs2)nc2ccccc12)N1CCN(C(=O)c2ccco2)CC1. The number of para-hydroxylation sites is 1. The van der Waals surface area contributed by atoms with E-state index >= 15 is 0 Å². The molecule has 0 unspecified atom stereocenters. The van der Waals surface area contributed by atoms with Gasteiger partial charge < -0.3 is 14.2 Å². The number of hydrogen-bond donors (Lipinski definition) is 0. The number of hydrogen-bond acceptors (Lipinski definition) is 7. The molecule has 1 aliphatic heterocycles. The molecule has 4 aromatic rings. The molecular formula is C23H20N4O3S2. The molecule has 0 N–H and O–H groups in total. The van der Waals surface area contributed by atoms with Crippen molar-refractivity contribution < 1.29 is 14.0 Å². The van der Waals surface area contributed by atoms with Gasteiger partial charge in [0.2, 0.25) is 5.91 Å². The van der Waals surface area contributed by atoms with Crippen LogP contribution in [0.15, 0.2) is 69.6 Å². The second kappa shape index (κ2) is 9.13. The predicted octanol–water partition coefficient (Wildman–Crippen LogP) is 4.03. The van der Waals surface area contributed by atoms with Crippen molar-refractivity contribution in [3.8, 4) is 10.7 Å². The Hall–Kier alpha value is -3.17. The third-order valence-corrected chi connectivity index (χ3v) is 7.14. The molecule has 1 fully saturated rings. The second-order valence-electron chi connectivity index (χ2n) is 7.29. The maximum Gasteiger partial charge on any atom is 0.289 e. The molecule has 162 valence electrons. The normalized spacial score (nSPS) is 14.1. The van der Waals surface area contributed by atoms with Crippen molar-refractivity contribution in [1.29, 1.82) is 0 Å². The van der Waals surface area contributed by atoms with Gasteiger partial charge in [0.1, 0.15) is 5.03 Å². The van der Waals surface area contributed by atoms with Gasteiger partial charge in [0.15, 0.2) is 11.6 Å². The molecular weight excluding hydrogens is 444 g/mol. The zero-order chi connectivity index (χ0) is 21.9. The number of amides is 2. The summed E-state index contributed by atoms with van der Waals surface area (Å²) in [4.78, 5) is 39.3. The van der Waals surface area contributed by atoms with Gasteiger partial charge in [-0.25, -0.2) is 9.97 Å². The molecule has 1 aromatic carbocycles. The van der Waals surface area contributed by atoms with Crippen LogP contribution >= 0.6 is 23.1 Å². The van der Waals surface area contributed by atoms with Crippen LogP contribution in [0.3, 0.4) is 0 Å². The number of benzene rings is 1. The van der Waals surface area contributed by atoms with E-state index in [1.54, 1.807) is 28.4 Å². The molecule has 3 aromatic heterocycles. The highest BCUT2D eigenvalue weighted by Gasteiger charge is 2.26. The van der Waals surface area contributed by atoms with Crippen molar-refractivity contribution in [2.75, 3.05) is 31.9 Å². The van der Waals surface area contributed by atoms with Crippen LogP contribution in [0.25, 0.3) is 21.6 Å². The number of furan rings is 1. The fraction of sp³-hybridized carbons (Fsp3) is 0.217. The average Bonchev–Trinajstić information content (AvgIpc) is 3.56. The highest BCUT2D eigenvalue weighted by molar-refractivity contribution is 8.00. The van der Waals surface area contributed by atoms with Crippen LogP contribution in [-0.2, 0) is 4.79 Å². The molecule has 5 rings (SSSR count). The zero-order valence-corrected chi connectivity index (χ0v) is 18.8. The lowest BCUT2D eigenvalue weighted by molar-refractivity contribution is -0.129. The minimum atomic E-state index is -0.134. The van der Waals surface area contributed by atoms with Crippen molar-refractivity contribution in [2.24, 2.45) is 0 Å². The fourth-order valence-electron chi connectivity index (χ4n) is 3.61. The minimum Gasteiger partial charge on any atom is -0.459 e. The first-order valence-electron chi connectivity index (χ1n) is 10.2. The Kier molecular flexibility index (Phi) is 5.91. The van der Waals surface area contributed by atoms with Gasteiger partial charge in [0.05, 0.1) is 22.4 Å². The monoisotopic (exact) mass is 464 g/mol. The third-order valence-electron chi connectivity index (χ3n) is 5.29. The summed E-state index contributed by atoms with van der Waals surface area (Å²) in [5.41, 5.74) is 0.867. The molecule has 32 heavy (non-hydrogen) atoms. The molecule has 1 saturated heterocycles. The number of aromatic nitrogens is 2. The third kappa shape index (κ3) is 4.26. The van der Waals surface area contributed by atoms with E-state index in [4.69, 9.17) is 9.40 Å². The van der Waals surface area contributed by atoms with Gasteiger partial charge >= 0.3 is 0 Å². The highest BCUT2D eigenvalue weighted by Crippen LogP contribution is 2.30. The van der Waals surface area contributed by atoms with Crippen LogP contribution in [-0.4, -0.2) is 63.5 Å². The largest absolute Gasteiger partial charge is 0.459 e. The Labute approximate surface area is 193 Å². The fourth-order valence-corrected chi connectivity index (χ4v) is 5.19. The number of thioether (sulfide) groups is 1. The number of carbonyl (C=O) groups excluding carboxylic acids is 2. The average molecular weight is 465 g/mol. The van der Waals surface area contributed by atoms with Crippen molar-refractivity contribution in [3.63, 3.8) is 0 Å². The number of rotatable bonds is 5. The quantitative estimate of drug-likeness (QED) is 0.328. The van der Waals surface area contributed by atoms with E-state index in [1.165, 1.54) is 18.0 Å². The lowest BCUT2D eigenvalue weighted by Crippen LogP contribution is -2.51. The van der Waals surface area contributed by atoms with E-state index in [-0.39, 0.29) is 17.6 Å². The molecule has 1 aliphatic rings. The minimum absolute atomic E-state index is 0.0421. The van der Waals surface area contributed by atoms with Crippen LogP contribution in [0.2, 0.25) is 0 Å². The van der Waals surface area contributed by atoms with Crippen molar-refractivity contribution >= 4 is 45.8 Å². The Bertz CT molecular complexity index is 1230. The van der Waals surface area contributed by atoms with E-state index in [0.29, 0.717) is 37.8 Å². The molecule has 0 spiro atoms. The van der Waals surface area contributed by atoms with E-state index in [1.807, 2.05) is 46.7 Å². The van der Waals surface area contributed by atoms with Crippen LogP contribution < -0.4 is 0 Å². The molecule has 4 heterocycles. The van der Waals surface area contributed by atoms with Gasteiger partial charge in [0, 0.05) is 31.6 Å². The summed E-state index contributed by atoms with van der Waals surface area (Å²) in [7, 11) is 0. The number of piperazine rings is 1. The summed E-state index contributed by atoms with van der Waals surface area (Å²) in [5, 5.41) is 3.75. The van der Waals surface area contributed by atoms with Crippen molar-refractivity contribution in [2.45, 2.75) is 5.03 Å². The number of carbonyl (C=O) groups is 2. The molecule has 2 amide bonds. The van der Waals surface area contributed by atoms with Gasteiger partial charge in [-0.15, -0.1) is 11.3 Å². The van der Waals surface area contributed by atoms with Gasteiger partial charge in [-0.1, -0.05) is 36.0 Å². The lowest BCUT2D eigenvalue weighted by Gasteiger charge is -2.34. The van der Waals surface area contributed by atoms with E-state index < -0.39 is 0 Å². The standard InChI is InChI=1S/C23H20N4O3S2/c28-20(26-9-11-27(12-10-26)23(29)18-7-3-13-30-18)15-32-22-16-5-1-2-6-17(16)24-21(25-22)19-8-4-14-31-19/h1-8,13-14H,9-12,15H2. The van der Waals surface area contributed by atoms with Crippen LogP contribution in [0.1, 0.15) is 10.6 Å². The summed E-state index contributed by atoms with van der Waals surface area (Å²) in [6.07, 6.45) is 1.49. The first-order chi connectivity index (χ1) is 15.7. The van der Waals surface area contributed by atoms with Crippen LogP contribution in [0, 0.1) is 0 Å². The summed E-state index contributed by atoms with van der Waals surface area (Å²) in [6, 6.07) is 15.2. The summed E-state index contributed by atoms with van der Waals surface area (Å²) in [6.45, 7) is 2.01. The summed E-state index contributed by atoms with van der Waals surface area (Å²) >= 11 is 3.03. The molecule has 0 atom stereocenters. The highest BCUT2D eigenvalue weighted by atomic mass is 32.2. The second-order valence-corrected chi connectivity index (χ2v) is 9.20. The van der Waals surface area contributed by atoms with E-state index in [2.05, 4.69) is 4.98 Å². The lowest BCUT2D eigenvalue weighted by atomic mass is 10.2. The summed E-state index contributed by atoms with van der Waals surface area (Å²) < 4.78 is 5.20. The Morgan fingerprint density at radius 2 is 1.78 bits per heavy atom. The smallest absolute Gasteiger partial charge is 0.289 e. The van der Waals surface area contributed by atoms with Gasteiger partial charge in [-0.2, -0.15) is 0 Å². The summed E-state index contributed by atoms with van der Waals surface area (Å²) in [5.74, 6) is 1.21. The molecule has 0 saturated carbocycles. The zero-order valence-electron chi connectivity index (χ0n) is 17.1. The van der Waals surface area contributed by atoms with E-state index in [9.17, 15) is 9.59 Å². The molecule has 0 bridgehead atoms. The van der Waals surface area contributed by atoms with Crippen molar-refractivity contribution in [3.05, 3.63) is 65.9 Å². The van der Waals surface area contributed by atoms with Gasteiger partial charge in [-0.3, -0.25) is 9.59 Å². The topological polar surface area (TPSA) is 79.5 Å². The Morgan fingerprint density at radius 3 is 2.53 bits per heavy atom. The number of nitrogens with zero attached hydrogens (tertiary/aromatic N) is 4. The molecule has 9 heteroatoms. The number of fused-ring (bicyclic) bond motifs is 1. The van der Waals surface area contributed by atoms with Crippen molar-refractivity contribution in [1.82, 2.24) is 19.8 Å². The maximum atomic E-state index is 12.9. The van der Waals surface area contributed by atoms with Crippen LogP contribution in [0.5, 0.6) is 0 Å². The first-order valence-corrected chi connectivity index (χ1v) is 12.1. The van der Waals surface area contributed by atoms with E-state index in [0.717, 1.165) is 20.8 Å². The molecule has 0 radical (unpaired) electrons. The molecule has 7 nitrogen and oxygen atoms in total. The van der Waals surface area contributed by atoms with Gasteiger partial charge in [0.25, 0.3) is 5.91 Å². The first kappa shape index (κ1) is 20.7.